The van der Waals surface area contributed by atoms with E-state index < -0.39 is 5.97 Å². The van der Waals surface area contributed by atoms with Gasteiger partial charge in [0.2, 0.25) is 5.91 Å². The Bertz CT molecular complexity index is 1870. The number of ether oxygens (including phenoxy) is 1. The van der Waals surface area contributed by atoms with E-state index in [0.717, 1.165) is 48.3 Å². The van der Waals surface area contributed by atoms with Crippen LogP contribution < -0.4 is 0 Å². The number of carbonyl (C=O) groups is 2. The number of rotatable bonds is 4. The Morgan fingerprint density at radius 2 is 1.57 bits per heavy atom. The van der Waals surface area contributed by atoms with E-state index >= 15 is 0 Å². The summed E-state index contributed by atoms with van der Waals surface area (Å²) in [4.78, 5) is 30.1. The molecule has 0 N–H and O–H groups in total. The molecular weight excluding hydrogens is 530 g/mol. The van der Waals surface area contributed by atoms with Crippen molar-refractivity contribution in [2.24, 2.45) is 0 Å². The molecule has 0 spiro atoms. The van der Waals surface area contributed by atoms with Crippen LogP contribution in [-0.4, -0.2) is 33.1 Å². The van der Waals surface area contributed by atoms with Gasteiger partial charge in [0, 0.05) is 51.4 Å². The summed E-state index contributed by atoms with van der Waals surface area (Å²) in [6.07, 6.45) is 1.82. The molecular formula is C30H22BrN3O3. The third kappa shape index (κ3) is 3.74. The lowest BCUT2D eigenvalue weighted by Gasteiger charge is -2.13. The molecule has 3 heterocycles. The second kappa shape index (κ2) is 9.01. The molecule has 0 fully saturated rings. The number of pyridine rings is 1. The van der Waals surface area contributed by atoms with Crippen LogP contribution in [0.15, 0.2) is 89.5 Å². The second-order valence-electron chi connectivity index (χ2n) is 8.89. The van der Waals surface area contributed by atoms with E-state index in [4.69, 9.17) is 9.72 Å². The van der Waals surface area contributed by atoms with Gasteiger partial charge in [0.25, 0.3) is 0 Å². The van der Waals surface area contributed by atoms with Gasteiger partial charge in [-0.15, -0.1) is 0 Å². The number of benzene rings is 3. The number of methoxy groups -OCH3 is 1. The van der Waals surface area contributed by atoms with Crippen molar-refractivity contribution in [3.63, 3.8) is 0 Å². The van der Waals surface area contributed by atoms with E-state index in [1.165, 1.54) is 14.0 Å². The van der Waals surface area contributed by atoms with Gasteiger partial charge in [-0.05, 0) is 29.8 Å². The van der Waals surface area contributed by atoms with E-state index in [9.17, 15) is 9.59 Å². The lowest BCUT2D eigenvalue weighted by molar-refractivity contribution is 0.0594. The molecule has 0 atom stereocenters. The molecule has 3 aromatic carbocycles. The predicted octanol–water partition coefficient (Wildman–Crippen LogP) is 7.07. The minimum absolute atomic E-state index is 0.100. The van der Waals surface area contributed by atoms with Gasteiger partial charge in [0.1, 0.15) is 5.69 Å². The summed E-state index contributed by atoms with van der Waals surface area (Å²) in [5.41, 5.74) is 5.42. The number of hydrogen-bond acceptors (Lipinski definition) is 4. The first-order valence-electron chi connectivity index (χ1n) is 11.8. The van der Waals surface area contributed by atoms with E-state index in [0.29, 0.717) is 12.2 Å². The van der Waals surface area contributed by atoms with Crippen LogP contribution in [0, 0.1) is 0 Å². The fourth-order valence-corrected chi connectivity index (χ4v) is 5.47. The van der Waals surface area contributed by atoms with Crippen molar-refractivity contribution in [2.75, 3.05) is 7.11 Å². The molecule has 0 saturated heterocycles. The van der Waals surface area contributed by atoms with E-state index in [-0.39, 0.29) is 11.6 Å². The SMILES string of the molecule is COC(=O)c1cc2c3ccccc3n(Cc3ccccc3Br)c2c(-c2cn(C(C)=O)c3ccccc23)n1. The molecule has 0 unspecified atom stereocenters. The quantitative estimate of drug-likeness (QED) is 0.220. The minimum atomic E-state index is -0.513. The first-order chi connectivity index (χ1) is 18.0. The Morgan fingerprint density at radius 3 is 2.30 bits per heavy atom. The van der Waals surface area contributed by atoms with Gasteiger partial charge in [0.05, 0.1) is 23.8 Å². The molecule has 0 aliphatic carbocycles. The number of aromatic nitrogens is 3. The van der Waals surface area contributed by atoms with Gasteiger partial charge in [-0.2, -0.15) is 0 Å². The van der Waals surface area contributed by atoms with Gasteiger partial charge in [-0.1, -0.05) is 70.5 Å². The lowest BCUT2D eigenvalue weighted by Crippen LogP contribution is -2.07. The molecule has 7 heteroatoms. The standard InChI is InChI=1S/C30H22BrN3O3/c1-18(35)33-17-23(21-11-5-7-13-26(21)33)28-29-22(15-25(32-28)30(36)37-2)20-10-4-8-14-27(20)34(29)16-19-9-3-6-12-24(19)31/h3-15,17H,16H2,1-2H3. The van der Waals surface area contributed by atoms with Crippen LogP contribution >= 0.6 is 15.9 Å². The maximum absolute atomic E-state index is 12.7. The topological polar surface area (TPSA) is 66.1 Å². The highest BCUT2D eigenvalue weighted by Crippen LogP contribution is 2.39. The van der Waals surface area contributed by atoms with Crippen LogP contribution in [0.3, 0.4) is 0 Å². The summed E-state index contributed by atoms with van der Waals surface area (Å²) in [5, 5.41) is 2.78. The molecule has 0 amide bonds. The van der Waals surface area contributed by atoms with Crippen molar-refractivity contribution < 1.29 is 14.3 Å². The van der Waals surface area contributed by atoms with Crippen LogP contribution in [0.1, 0.15) is 27.8 Å². The third-order valence-corrected chi connectivity index (χ3v) is 7.51. The predicted molar refractivity (Wildman–Crippen MR) is 149 cm³/mol. The number of nitrogens with zero attached hydrogens (tertiary/aromatic N) is 3. The van der Waals surface area contributed by atoms with Crippen LogP contribution in [0.5, 0.6) is 0 Å². The highest BCUT2D eigenvalue weighted by Gasteiger charge is 2.23. The number of para-hydroxylation sites is 2. The maximum Gasteiger partial charge on any atom is 0.356 e. The fourth-order valence-electron chi connectivity index (χ4n) is 5.06. The van der Waals surface area contributed by atoms with Crippen LogP contribution in [-0.2, 0) is 11.3 Å². The molecule has 0 saturated carbocycles. The summed E-state index contributed by atoms with van der Waals surface area (Å²) < 4.78 is 9.93. The minimum Gasteiger partial charge on any atom is -0.464 e. The van der Waals surface area contributed by atoms with Crippen molar-refractivity contribution in [3.05, 3.63) is 101 Å². The first-order valence-corrected chi connectivity index (χ1v) is 12.6. The maximum atomic E-state index is 12.7. The van der Waals surface area contributed by atoms with E-state index in [2.05, 4.69) is 38.7 Å². The van der Waals surface area contributed by atoms with Crippen LogP contribution in [0.25, 0.3) is 44.0 Å². The van der Waals surface area contributed by atoms with Crippen molar-refractivity contribution in [1.29, 1.82) is 0 Å². The average molecular weight is 552 g/mol. The normalized spacial score (nSPS) is 11.4. The Balaban J connectivity index is 1.77. The zero-order valence-electron chi connectivity index (χ0n) is 20.2. The fraction of sp³-hybridized carbons (Fsp3) is 0.100. The Morgan fingerprint density at radius 1 is 0.892 bits per heavy atom. The summed E-state index contributed by atoms with van der Waals surface area (Å²) in [5.74, 6) is -0.613. The average Bonchev–Trinajstić information content (AvgIpc) is 3.46. The Hall–Kier alpha value is -4.23. The summed E-state index contributed by atoms with van der Waals surface area (Å²) in [7, 11) is 1.35. The molecule has 3 aromatic heterocycles. The van der Waals surface area contributed by atoms with E-state index in [1.54, 1.807) is 10.6 Å². The van der Waals surface area contributed by atoms with Crippen molar-refractivity contribution >= 4 is 60.5 Å². The Kier molecular flexibility index (Phi) is 5.65. The molecule has 6 rings (SSSR count). The highest BCUT2D eigenvalue weighted by molar-refractivity contribution is 9.10. The number of esters is 1. The van der Waals surface area contributed by atoms with E-state index in [1.807, 2.05) is 60.8 Å². The van der Waals surface area contributed by atoms with Crippen molar-refractivity contribution in [2.45, 2.75) is 13.5 Å². The second-order valence-corrected chi connectivity index (χ2v) is 9.74. The van der Waals surface area contributed by atoms with Crippen LogP contribution in [0.2, 0.25) is 0 Å². The van der Waals surface area contributed by atoms with Crippen LogP contribution in [0.4, 0.5) is 0 Å². The number of carbonyl (C=O) groups excluding carboxylic acids is 2. The zero-order chi connectivity index (χ0) is 25.7. The molecule has 37 heavy (non-hydrogen) atoms. The number of hydrogen-bond donors (Lipinski definition) is 0. The summed E-state index contributed by atoms with van der Waals surface area (Å²) in [6.45, 7) is 2.12. The molecule has 6 nitrogen and oxygen atoms in total. The van der Waals surface area contributed by atoms with Gasteiger partial charge in [-0.3, -0.25) is 9.36 Å². The highest BCUT2D eigenvalue weighted by atomic mass is 79.9. The monoisotopic (exact) mass is 551 g/mol. The number of halogens is 1. The van der Waals surface area contributed by atoms with Gasteiger partial charge < -0.3 is 9.30 Å². The molecule has 6 aromatic rings. The largest absolute Gasteiger partial charge is 0.464 e. The summed E-state index contributed by atoms with van der Waals surface area (Å²) in [6, 6.07) is 25.8. The van der Waals surface area contributed by atoms with Crippen molar-refractivity contribution in [3.8, 4) is 11.3 Å². The van der Waals surface area contributed by atoms with Gasteiger partial charge >= 0.3 is 5.97 Å². The lowest BCUT2D eigenvalue weighted by atomic mass is 10.1. The van der Waals surface area contributed by atoms with Gasteiger partial charge in [-0.25, -0.2) is 9.78 Å². The molecule has 0 aliphatic rings. The number of fused-ring (bicyclic) bond motifs is 4. The Labute approximate surface area is 221 Å². The molecule has 0 radical (unpaired) electrons. The zero-order valence-corrected chi connectivity index (χ0v) is 21.8. The molecule has 182 valence electrons. The molecule has 0 aliphatic heterocycles. The smallest absolute Gasteiger partial charge is 0.356 e. The van der Waals surface area contributed by atoms with Gasteiger partial charge in [0.15, 0.2) is 0 Å². The van der Waals surface area contributed by atoms with Crippen molar-refractivity contribution in [1.82, 2.24) is 14.1 Å². The first kappa shape index (κ1) is 23.2. The molecule has 0 bridgehead atoms. The summed E-state index contributed by atoms with van der Waals surface area (Å²) >= 11 is 3.69. The third-order valence-electron chi connectivity index (χ3n) is 6.73.